The van der Waals surface area contributed by atoms with E-state index in [1.807, 2.05) is 97.1 Å². The quantitative estimate of drug-likeness (QED) is 0.129. The number of aliphatic hydroxyl groups excluding tert-OH is 4. The molecule has 0 radical (unpaired) electrons. The van der Waals surface area contributed by atoms with Crippen LogP contribution in [0, 0.1) is 0 Å². The predicted octanol–water partition coefficient (Wildman–Crippen LogP) is 9.52. The Balaban J connectivity index is 0.000000220. The number of halogens is 4. The Labute approximate surface area is 269 Å². The first-order chi connectivity index (χ1) is 19.1. The average Bonchev–Trinajstić information content (AvgIpc) is 2.96. The molecule has 0 aromatic heterocycles. The molecule has 4 rings (SSSR count). The molecule has 0 aliphatic rings. The molecule has 4 N–H and O–H groups in total. The molecule has 0 saturated carbocycles. The summed E-state index contributed by atoms with van der Waals surface area (Å²) in [5.41, 5.74) is 3.49. The largest absolute Gasteiger partial charge is 0.388 e. The second-order valence-corrected chi connectivity index (χ2v) is 13.1. The third-order valence-electron chi connectivity index (χ3n) is 6.45. The van der Waals surface area contributed by atoms with Crippen LogP contribution in [-0.2, 0) is 0 Å². The molecule has 0 fully saturated rings. The van der Waals surface area contributed by atoms with Crippen LogP contribution in [0.1, 0.15) is 72.4 Å². The monoisotopic (exact) mass is 796 g/mol. The predicted molar refractivity (Wildman–Crippen MR) is 175 cm³/mol. The minimum atomic E-state index is -0.548. The van der Waals surface area contributed by atoms with Gasteiger partial charge in [-0.3, -0.25) is 0 Å². The fourth-order valence-electron chi connectivity index (χ4n) is 4.04. The maximum atomic E-state index is 10.1. The van der Waals surface area contributed by atoms with Gasteiger partial charge in [-0.2, -0.15) is 0 Å². The zero-order chi connectivity index (χ0) is 29.1. The Kier molecular flexibility index (Phi) is 14.0. The van der Waals surface area contributed by atoms with E-state index in [1.54, 1.807) is 0 Å². The normalized spacial score (nSPS) is 14.0. The van der Waals surface area contributed by atoms with E-state index in [9.17, 15) is 20.4 Å². The molecule has 4 aromatic rings. The van der Waals surface area contributed by atoms with Crippen LogP contribution < -0.4 is 0 Å². The maximum Gasteiger partial charge on any atom is 0.0791 e. The Morgan fingerprint density at radius 1 is 0.325 bits per heavy atom. The number of benzene rings is 4. The molecule has 0 aliphatic heterocycles. The molecule has 4 atom stereocenters. The van der Waals surface area contributed by atoms with Crippen LogP contribution in [0.4, 0.5) is 0 Å². The summed E-state index contributed by atoms with van der Waals surface area (Å²) in [6, 6.07) is 30.4. The van der Waals surface area contributed by atoms with Crippen LogP contribution in [0.15, 0.2) is 115 Å². The molecule has 8 heteroatoms. The molecule has 0 unspecified atom stereocenters. The van der Waals surface area contributed by atoms with Gasteiger partial charge in [-0.05, 0) is 96.5 Å². The summed E-state index contributed by atoms with van der Waals surface area (Å²) < 4.78 is 3.96. The van der Waals surface area contributed by atoms with Crippen molar-refractivity contribution < 1.29 is 20.4 Å². The third kappa shape index (κ3) is 11.1. The van der Waals surface area contributed by atoms with Gasteiger partial charge in [0.05, 0.1) is 24.4 Å². The minimum Gasteiger partial charge on any atom is -0.388 e. The lowest BCUT2D eigenvalue weighted by Gasteiger charge is -2.15. The van der Waals surface area contributed by atoms with Gasteiger partial charge in [0.15, 0.2) is 0 Å². The van der Waals surface area contributed by atoms with E-state index in [1.165, 1.54) is 0 Å². The summed E-state index contributed by atoms with van der Waals surface area (Å²) in [5.74, 6) is 0. The molecule has 0 heterocycles. The number of aliphatic hydroxyl groups is 4. The van der Waals surface area contributed by atoms with Crippen molar-refractivity contribution in [3.8, 4) is 0 Å². The van der Waals surface area contributed by atoms with Gasteiger partial charge in [-0.25, -0.2) is 0 Å². The van der Waals surface area contributed by atoms with E-state index >= 15 is 0 Å². The van der Waals surface area contributed by atoms with Crippen LogP contribution in [0.25, 0.3) is 0 Å². The van der Waals surface area contributed by atoms with Crippen molar-refractivity contribution in [3.63, 3.8) is 0 Å². The van der Waals surface area contributed by atoms with Gasteiger partial charge < -0.3 is 20.4 Å². The van der Waals surface area contributed by atoms with Gasteiger partial charge in [0, 0.05) is 17.9 Å². The number of hydrogen-bond acceptors (Lipinski definition) is 4. The van der Waals surface area contributed by atoms with Crippen LogP contribution in [0.5, 0.6) is 0 Å². The molecule has 0 bridgehead atoms. The van der Waals surface area contributed by atoms with Crippen LogP contribution >= 0.6 is 63.7 Å². The molecular weight excluding hydrogens is 768 g/mol. The first kappa shape index (κ1) is 33.1. The van der Waals surface area contributed by atoms with E-state index in [0.717, 1.165) is 40.1 Å². The standard InChI is InChI=1S/2C16H16Br2O2/c2*17-13-5-1-11(2-6-13)15(19)9-10-16(20)12-3-7-14(18)8-4-12/h2*1-8,15-16,19-20H,9-10H2/t2*15-,16-/m00/s1. The Morgan fingerprint density at radius 3 is 0.625 bits per heavy atom. The van der Waals surface area contributed by atoms with E-state index < -0.39 is 24.4 Å². The first-order valence-electron chi connectivity index (χ1n) is 12.9. The lowest BCUT2D eigenvalue weighted by molar-refractivity contribution is 0.115. The molecule has 0 spiro atoms. The van der Waals surface area contributed by atoms with Crippen molar-refractivity contribution in [2.24, 2.45) is 0 Å². The van der Waals surface area contributed by atoms with E-state index in [4.69, 9.17) is 0 Å². The summed E-state index contributed by atoms with van der Waals surface area (Å²) in [4.78, 5) is 0. The van der Waals surface area contributed by atoms with E-state index in [-0.39, 0.29) is 0 Å². The van der Waals surface area contributed by atoms with Gasteiger partial charge in [0.1, 0.15) is 0 Å². The van der Waals surface area contributed by atoms with Crippen molar-refractivity contribution >= 4 is 63.7 Å². The lowest BCUT2D eigenvalue weighted by Crippen LogP contribution is -2.03. The highest BCUT2D eigenvalue weighted by molar-refractivity contribution is 9.11. The van der Waals surface area contributed by atoms with Crippen LogP contribution in [-0.4, -0.2) is 20.4 Å². The highest BCUT2D eigenvalue weighted by atomic mass is 79.9. The second-order valence-electron chi connectivity index (χ2n) is 9.42. The Morgan fingerprint density at radius 2 is 0.475 bits per heavy atom. The first-order valence-corrected chi connectivity index (χ1v) is 16.0. The zero-order valence-corrected chi connectivity index (χ0v) is 28.0. The van der Waals surface area contributed by atoms with Crippen molar-refractivity contribution in [1.29, 1.82) is 0 Å². The summed E-state index contributed by atoms with van der Waals surface area (Å²) in [5, 5.41) is 40.5. The SMILES string of the molecule is O[C@@H](CC[C@H](O)c1ccc(Br)cc1)c1ccc(Br)cc1.O[C@@H](CC[C@H](O)c1ccc(Br)cc1)c1ccc(Br)cc1. The highest BCUT2D eigenvalue weighted by Gasteiger charge is 2.14. The molecule has 4 nitrogen and oxygen atoms in total. The molecular formula is C32H32Br4O4. The van der Waals surface area contributed by atoms with Crippen molar-refractivity contribution in [2.45, 2.75) is 50.1 Å². The molecule has 0 saturated heterocycles. The van der Waals surface area contributed by atoms with Gasteiger partial charge in [0.25, 0.3) is 0 Å². The van der Waals surface area contributed by atoms with Gasteiger partial charge in [-0.1, -0.05) is 112 Å². The number of hydrogen-bond donors (Lipinski definition) is 4. The molecule has 4 aromatic carbocycles. The maximum absolute atomic E-state index is 10.1. The summed E-state index contributed by atoms with van der Waals surface area (Å²) >= 11 is 13.5. The van der Waals surface area contributed by atoms with E-state index in [2.05, 4.69) is 63.7 Å². The summed E-state index contributed by atoms with van der Waals surface area (Å²) in [6.45, 7) is 0. The smallest absolute Gasteiger partial charge is 0.0791 e. The zero-order valence-electron chi connectivity index (χ0n) is 21.7. The van der Waals surface area contributed by atoms with Crippen LogP contribution in [0.3, 0.4) is 0 Å². The van der Waals surface area contributed by atoms with Crippen molar-refractivity contribution in [3.05, 3.63) is 137 Å². The van der Waals surface area contributed by atoms with Crippen LogP contribution in [0.2, 0.25) is 0 Å². The topological polar surface area (TPSA) is 80.9 Å². The molecule has 0 aliphatic carbocycles. The fraction of sp³-hybridized carbons (Fsp3) is 0.250. The molecule has 0 amide bonds. The highest BCUT2D eigenvalue weighted by Crippen LogP contribution is 2.28. The molecule has 40 heavy (non-hydrogen) atoms. The van der Waals surface area contributed by atoms with Crippen molar-refractivity contribution in [2.75, 3.05) is 0 Å². The summed E-state index contributed by atoms with van der Waals surface area (Å²) in [7, 11) is 0. The second kappa shape index (κ2) is 16.9. The van der Waals surface area contributed by atoms with Crippen molar-refractivity contribution in [1.82, 2.24) is 0 Å². The molecule has 212 valence electrons. The van der Waals surface area contributed by atoms with Gasteiger partial charge in [0.2, 0.25) is 0 Å². The van der Waals surface area contributed by atoms with Gasteiger partial charge >= 0.3 is 0 Å². The van der Waals surface area contributed by atoms with Gasteiger partial charge in [-0.15, -0.1) is 0 Å². The lowest BCUT2D eigenvalue weighted by atomic mass is 9.99. The Hall–Kier alpha value is -1.36. The fourth-order valence-corrected chi connectivity index (χ4v) is 5.10. The summed E-state index contributed by atoms with van der Waals surface area (Å²) in [6.07, 6.45) is -0.0853. The average molecular weight is 800 g/mol. The Bertz CT molecular complexity index is 1070. The minimum absolute atomic E-state index is 0.527. The van der Waals surface area contributed by atoms with E-state index in [0.29, 0.717) is 25.7 Å². The third-order valence-corrected chi connectivity index (χ3v) is 8.56. The number of rotatable bonds is 10.